The molecule has 0 bridgehead atoms. The predicted molar refractivity (Wildman–Crippen MR) is 107 cm³/mol. The molecule has 0 saturated heterocycles. The van der Waals surface area contributed by atoms with Crippen LogP contribution < -0.4 is 5.56 Å². The maximum Gasteiger partial charge on any atom is 0.416 e. The van der Waals surface area contributed by atoms with E-state index in [4.69, 9.17) is 0 Å². The van der Waals surface area contributed by atoms with Gasteiger partial charge in [0.25, 0.3) is 5.56 Å². The van der Waals surface area contributed by atoms with Crippen molar-refractivity contribution in [3.63, 3.8) is 0 Å². The van der Waals surface area contributed by atoms with Crippen molar-refractivity contribution in [1.29, 1.82) is 0 Å². The molecular weight excluding hydrogens is 409 g/mol. The number of fused-ring (bicyclic) bond motifs is 1. The van der Waals surface area contributed by atoms with E-state index >= 15 is 0 Å². The molecule has 1 aliphatic rings. The SMILES string of the molecule is O=C(CCc1nnc(-c2ccc(C(F)(F)F)cc2)[nH]c1=O)N1CCc2ccccc2C1. The fourth-order valence-electron chi connectivity index (χ4n) is 3.56. The summed E-state index contributed by atoms with van der Waals surface area (Å²) in [6.45, 7) is 1.18. The molecule has 0 atom stereocenters. The van der Waals surface area contributed by atoms with Crippen molar-refractivity contribution in [1.82, 2.24) is 20.1 Å². The number of benzene rings is 2. The third-order valence-corrected chi connectivity index (χ3v) is 5.31. The number of hydrogen-bond donors (Lipinski definition) is 1. The number of amides is 1. The van der Waals surface area contributed by atoms with Gasteiger partial charge in [0.15, 0.2) is 5.82 Å². The molecule has 160 valence electrons. The number of aromatic amines is 1. The van der Waals surface area contributed by atoms with Crippen molar-refractivity contribution in [3.8, 4) is 11.4 Å². The third kappa shape index (κ3) is 4.65. The van der Waals surface area contributed by atoms with Crippen molar-refractivity contribution in [2.45, 2.75) is 32.0 Å². The highest BCUT2D eigenvalue weighted by atomic mass is 19.4. The van der Waals surface area contributed by atoms with Gasteiger partial charge in [-0.05, 0) is 29.7 Å². The van der Waals surface area contributed by atoms with Crippen molar-refractivity contribution < 1.29 is 18.0 Å². The first-order valence-electron chi connectivity index (χ1n) is 9.79. The summed E-state index contributed by atoms with van der Waals surface area (Å²) in [5, 5.41) is 7.80. The molecular formula is C22H19F3N4O2. The number of carbonyl (C=O) groups is 1. The van der Waals surface area contributed by atoms with Gasteiger partial charge in [0.05, 0.1) is 5.56 Å². The average Bonchev–Trinajstić information content (AvgIpc) is 2.77. The molecule has 0 saturated carbocycles. The molecule has 1 aliphatic heterocycles. The van der Waals surface area contributed by atoms with Crippen LogP contribution in [0.3, 0.4) is 0 Å². The van der Waals surface area contributed by atoms with Gasteiger partial charge < -0.3 is 9.88 Å². The first kappa shape index (κ1) is 20.8. The van der Waals surface area contributed by atoms with Crippen LogP contribution in [0.4, 0.5) is 13.2 Å². The molecule has 3 aromatic rings. The summed E-state index contributed by atoms with van der Waals surface area (Å²) in [6.07, 6.45) is -3.39. The summed E-state index contributed by atoms with van der Waals surface area (Å²) >= 11 is 0. The smallest absolute Gasteiger partial charge is 0.338 e. The van der Waals surface area contributed by atoms with Crippen LogP contribution in [0, 0.1) is 0 Å². The summed E-state index contributed by atoms with van der Waals surface area (Å²) in [5.74, 6) is 0.00366. The van der Waals surface area contributed by atoms with Gasteiger partial charge in [-0.2, -0.15) is 13.2 Å². The van der Waals surface area contributed by atoms with Crippen LogP contribution in [0.1, 0.15) is 28.8 Å². The zero-order chi connectivity index (χ0) is 22.0. The van der Waals surface area contributed by atoms with E-state index in [2.05, 4.69) is 21.2 Å². The zero-order valence-corrected chi connectivity index (χ0v) is 16.4. The van der Waals surface area contributed by atoms with Crippen molar-refractivity contribution in [2.24, 2.45) is 0 Å². The summed E-state index contributed by atoms with van der Waals surface area (Å²) in [7, 11) is 0. The number of alkyl halides is 3. The highest BCUT2D eigenvalue weighted by Gasteiger charge is 2.30. The molecule has 0 fully saturated rings. The van der Waals surface area contributed by atoms with E-state index in [-0.39, 0.29) is 30.3 Å². The molecule has 1 amide bonds. The zero-order valence-electron chi connectivity index (χ0n) is 16.4. The quantitative estimate of drug-likeness (QED) is 0.691. The molecule has 4 rings (SSSR count). The second-order valence-electron chi connectivity index (χ2n) is 7.36. The van der Waals surface area contributed by atoms with Crippen molar-refractivity contribution in [2.75, 3.05) is 6.54 Å². The summed E-state index contributed by atoms with van der Waals surface area (Å²) < 4.78 is 38.0. The Labute approximate surface area is 175 Å². The normalized spacial score (nSPS) is 13.7. The molecule has 9 heteroatoms. The molecule has 0 radical (unpaired) electrons. The minimum atomic E-state index is -4.44. The van der Waals surface area contributed by atoms with Gasteiger partial charge in [-0.3, -0.25) is 9.59 Å². The Morgan fingerprint density at radius 2 is 1.74 bits per heavy atom. The van der Waals surface area contributed by atoms with Crippen LogP contribution in [0.15, 0.2) is 53.3 Å². The van der Waals surface area contributed by atoms with Crippen LogP contribution in [0.25, 0.3) is 11.4 Å². The van der Waals surface area contributed by atoms with Gasteiger partial charge >= 0.3 is 6.18 Å². The number of H-pyrrole nitrogens is 1. The standard InChI is InChI=1S/C22H19F3N4O2/c23-22(24,25)17-7-5-15(6-8-17)20-26-21(31)18(27-28-20)9-10-19(30)29-12-11-14-3-1-2-4-16(14)13-29/h1-8H,9-13H2,(H,26,28,31). The molecule has 0 spiro atoms. The third-order valence-electron chi connectivity index (χ3n) is 5.31. The number of hydrogen-bond acceptors (Lipinski definition) is 4. The molecule has 2 heterocycles. The lowest BCUT2D eigenvalue weighted by molar-refractivity contribution is -0.137. The van der Waals surface area contributed by atoms with E-state index < -0.39 is 17.3 Å². The highest BCUT2D eigenvalue weighted by molar-refractivity contribution is 5.76. The van der Waals surface area contributed by atoms with Gasteiger partial charge in [-0.25, -0.2) is 0 Å². The van der Waals surface area contributed by atoms with Crippen LogP contribution in [0.2, 0.25) is 0 Å². The molecule has 2 aromatic carbocycles. The fourth-order valence-corrected chi connectivity index (χ4v) is 3.56. The van der Waals surface area contributed by atoms with E-state index in [0.29, 0.717) is 18.7 Å². The van der Waals surface area contributed by atoms with Gasteiger partial charge in [-0.15, -0.1) is 10.2 Å². The first-order chi connectivity index (χ1) is 14.8. The van der Waals surface area contributed by atoms with E-state index in [1.807, 2.05) is 18.2 Å². The van der Waals surface area contributed by atoms with E-state index in [0.717, 1.165) is 24.1 Å². The Kier molecular flexibility index (Phi) is 5.58. The van der Waals surface area contributed by atoms with Crippen molar-refractivity contribution in [3.05, 3.63) is 81.3 Å². The number of rotatable bonds is 4. The molecule has 1 N–H and O–H groups in total. The summed E-state index contributed by atoms with van der Waals surface area (Å²) in [6, 6.07) is 12.3. The lowest BCUT2D eigenvalue weighted by Crippen LogP contribution is -2.36. The van der Waals surface area contributed by atoms with Crippen molar-refractivity contribution >= 4 is 5.91 Å². The Balaban J connectivity index is 1.40. The molecule has 0 aliphatic carbocycles. The lowest BCUT2D eigenvalue weighted by Gasteiger charge is -2.28. The monoisotopic (exact) mass is 428 g/mol. The Morgan fingerprint density at radius 3 is 2.42 bits per heavy atom. The molecule has 0 unspecified atom stereocenters. The summed E-state index contributed by atoms with van der Waals surface area (Å²) in [4.78, 5) is 29.2. The Morgan fingerprint density at radius 1 is 1.03 bits per heavy atom. The molecule has 6 nitrogen and oxygen atoms in total. The van der Waals surface area contributed by atoms with Gasteiger partial charge in [0.1, 0.15) is 5.69 Å². The van der Waals surface area contributed by atoms with Crippen LogP contribution in [0.5, 0.6) is 0 Å². The minimum absolute atomic E-state index is 0.0671. The van der Waals surface area contributed by atoms with Gasteiger partial charge in [0, 0.05) is 31.5 Å². The second kappa shape index (κ2) is 8.33. The van der Waals surface area contributed by atoms with Crippen LogP contribution in [-0.2, 0) is 30.4 Å². The number of nitrogens with zero attached hydrogens (tertiary/aromatic N) is 3. The van der Waals surface area contributed by atoms with E-state index in [1.165, 1.54) is 17.7 Å². The maximum absolute atomic E-state index is 12.7. The highest BCUT2D eigenvalue weighted by Crippen LogP contribution is 2.30. The average molecular weight is 428 g/mol. The van der Waals surface area contributed by atoms with Gasteiger partial charge in [0.2, 0.25) is 5.91 Å². The molecule has 31 heavy (non-hydrogen) atoms. The topological polar surface area (TPSA) is 79.0 Å². The number of carbonyl (C=O) groups excluding carboxylic acids is 1. The maximum atomic E-state index is 12.7. The second-order valence-corrected chi connectivity index (χ2v) is 7.36. The molecule has 1 aromatic heterocycles. The van der Waals surface area contributed by atoms with E-state index in [9.17, 15) is 22.8 Å². The minimum Gasteiger partial charge on any atom is -0.338 e. The Bertz CT molecular complexity index is 1160. The lowest BCUT2D eigenvalue weighted by atomic mass is 9.99. The summed E-state index contributed by atoms with van der Waals surface area (Å²) in [5.41, 5.74) is 1.49. The van der Waals surface area contributed by atoms with Gasteiger partial charge in [-0.1, -0.05) is 36.4 Å². The van der Waals surface area contributed by atoms with E-state index in [1.54, 1.807) is 4.90 Å². The Hall–Kier alpha value is -3.49. The predicted octanol–water partition coefficient (Wildman–Crippen LogP) is 3.37. The number of halogens is 3. The van der Waals surface area contributed by atoms with Crippen LogP contribution >= 0.6 is 0 Å². The number of aromatic nitrogens is 3. The van der Waals surface area contributed by atoms with Crippen LogP contribution in [-0.4, -0.2) is 32.5 Å². The fraction of sp³-hybridized carbons (Fsp3) is 0.273. The first-order valence-corrected chi connectivity index (χ1v) is 9.79. The largest absolute Gasteiger partial charge is 0.416 e. The number of aryl methyl sites for hydroxylation is 1. The number of nitrogens with one attached hydrogen (secondary N) is 1.